The maximum absolute atomic E-state index is 11.0. The molecule has 0 unspecified atom stereocenters. The van der Waals surface area contributed by atoms with Crippen molar-refractivity contribution in [2.75, 3.05) is 0 Å². The van der Waals surface area contributed by atoms with Crippen molar-refractivity contribution in [1.29, 1.82) is 0 Å². The Labute approximate surface area is 94.4 Å². The van der Waals surface area contributed by atoms with E-state index in [4.69, 9.17) is 4.74 Å². The number of hydrogen-bond donors (Lipinski definition) is 0. The lowest BCUT2D eigenvalue weighted by Gasteiger charge is -2.30. The molecule has 0 amide bonds. The lowest BCUT2D eigenvalue weighted by molar-refractivity contribution is -0.535. The van der Waals surface area contributed by atoms with Crippen molar-refractivity contribution >= 4 is 0 Å². The van der Waals surface area contributed by atoms with Gasteiger partial charge in [-0.05, 0) is 12.0 Å². The maximum atomic E-state index is 11.0. The molecule has 0 bridgehead atoms. The smallest absolute Gasteiger partial charge is 0.253 e. The molecule has 1 aliphatic heterocycles. The van der Waals surface area contributed by atoms with Gasteiger partial charge < -0.3 is 4.74 Å². The van der Waals surface area contributed by atoms with Crippen molar-refractivity contribution < 1.29 is 9.66 Å². The number of rotatable bonds is 2. The number of fused-ring (bicyclic) bond motifs is 1. The molecule has 16 heavy (non-hydrogen) atoms. The number of nitro groups is 1. The van der Waals surface area contributed by atoms with Gasteiger partial charge in [0.1, 0.15) is 5.75 Å². The summed E-state index contributed by atoms with van der Waals surface area (Å²) in [5.41, 5.74) is 0.932. The van der Waals surface area contributed by atoms with E-state index in [-0.39, 0.29) is 16.9 Å². The van der Waals surface area contributed by atoms with Crippen molar-refractivity contribution in [2.24, 2.45) is 5.92 Å². The first-order valence-electron chi connectivity index (χ1n) is 5.47. The predicted molar refractivity (Wildman–Crippen MR) is 60.2 cm³/mol. The van der Waals surface area contributed by atoms with Crippen LogP contribution in [0.15, 0.2) is 24.3 Å². The van der Waals surface area contributed by atoms with Gasteiger partial charge >= 0.3 is 0 Å². The molecule has 0 fully saturated rings. The van der Waals surface area contributed by atoms with Gasteiger partial charge in [0.25, 0.3) is 6.04 Å². The van der Waals surface area contributed by atoms with E-state index >= 15 is 0 Å². The molecule has 86 valence electrons. The zero-order valence-electron chi connectivity index (χ0n) is 9.42. The summed E-state index contributed by atoms with van der Waals surface area (Å²) < 4.78 is 5.73. The summed E-state index contributed by atoms with van der Waals surface area (Å²) in [5.74, 6) is 0.933. The lowest BCUT2D eigenvalue weighted by atomic mass is 9.91. The second kappa shape index (κ2) is 4.12. The molecule has 1 heterocycles. The summed E-state index contributed by atoms with van der Waals surface area (Å²) in [5, 5.41) is 11.0. The van der Waals surface area contributed by atoms with E-state index in [0.29, 0.717) is 6.42 Å². The number of nitrogens with zero attached hydrogens (tertiary/aromatic N) is 1. The van der Waals surface area contributed by atoms with E-state index in [0.717, 1.165) is 11.3 Å². The predicted octanol–water partition coefficient (Wildman–Crippen LogP) is 2.29. The summed E-state index contributed by atoms with van der Waals surface area (Å²) in [4.78, 5) is 10.8. The number of benzene rings is 1. The number of hydrogen-bond acceptors (Lipinski definition) is 3. The summed E-state index contributed by atoms with van der Waals surface area (Å²) in [7, 11) is 0. The zero-order valence-corrected chi connectivity index (χ0v) is 9.42. The standard InChI is InChI=1S/C12H15NO3/c1-8(2)12-10(13(14)15)7-9-5-3-4-6-11(9)16-12/h3-6,8,10,12H,7H2,1-2H3/t10-,12-/m0/s1. The van der Waals surface area contributed by atoms with E-state index in [1.54, 1.807) is 0 Å². The monoisotopic (exact) mass is 221 g/mol. The van der Waals surface area contributed by atoms with Gasteiger partial charge in [0.05, 0.1) is 0 Å². The summed E-state index contributed by atoms with van der Waals surface area (Å²) in [6, 6.07) is 6.91. The van der Waals surface area contributed by atoms with Gasteiger partial charge in [-0.25, -0.2) is 0 Å². The molecule has 2 rings (SSSR count). The fraction of sp³-hybridized carbons (Fsp3) is 0.500. The fourth-order valence-corrected chi connectivity index (χ4v) is 2.13. The SMILES string of the molecule is CC(C)[C@@H]1Oc2ccccc2C[C@@H]1[N+](=O)[O-]. The molecule has 0 saturated carbocycles. The maximum Gasteiger partial charge on any atom is 0.253 e. The number of ether oxygens (including phenoxy) is 1. The normalized spacial score (nSPS) is 23.7. The van der Waals surface area contributed by atoms with Crippen molar-refractivity contribution in [3.05, 3.63) is 39.9 Å². The van der Waals surface area contributed by atoms with Crippen LogP contribution in [0.3, 0.4) is 0 Å². The Balaban J connectivity index is 2.33. The molecule has 1 aliphatic rings. The van der Waals surface area contributed by atoms with Crippen LogP contribution in [-0.2, 0) is 6.42 Å². The quantitative estimate of drug-likeness (QED) is 0.568. The summed E-state index contributed by atoms with van der Waals surface area (Å²) in [6.07, 6.45) is 0.136. The van der Waals surface area contributed by atoms with Crippen LogP contribution in [0.4, 0.5) is 0 Å². The van der Waals surface area contributed by atoms with Crippen molar-refractivity contribution in [1.82, 2.24) is 0 Å². The highest BCUT2D eigenvalue weighted by atomic mass is 16.6. The molecule has 4 nitrogen and oxygen atoms in total. The van der Waals surface area contributed by atoms with Crippen molar-refractivity contribution in [3.8, 4) is 5.75 Å². The summed E-state index contributed by atoms with van der Waals surface area (Å²) in [6.45, 7) is 3.91. The van der Waals surface area contributed by atoms with Gasteiger partial charge in [0.15, 0.2) is 6.10 Å². The van der Waals surface area contributed by atoms with Crippen LogP contribution in [0.5, 0.6) is 5.75 Å². The van der Waals surface area contributed by atoms with Crippen molar-refractivity contribution in [2.45, 2.75) is 32.4 Å². The van der Waals surface area contributed by atoms with Crippen LogP contribution in [-0.4, -0.2) is 17.1 Å². The molecular formula is C12H15NO3. The molecule has 0 spiro atoms. The molecule has 1 aromatic carbocycles. The molecule has 4 heteroatoms. The van der Waals surface area contributed by atoms with E-state index < -0.39 is 6.04 Å². The van der Waals surface area contributed by atoms with Crippen LogP contribution in [0.2, 0.25) is 0 Å². The minimum absolute atomic E-state index is 0.142. The van der Waals surface area contributed by atoms with Gasteiger partial charge in [-0.2, -0.15) is 0 Å². The highest BCUT2D eigenvalue weighted by Crippen LogP contribution is 2.31. The molecule has 0 N–H and O–H groups in total. The van der Waals surface area contributed by atoms with Crippen molar-refractivity contribution in [3.63, 3.8) is 0 Å². The van der Waals surface area contributed by atoms with Crippen LogP contribution in [0.1, 0.15) is 19.4 Å². The Morgan fingerprint density at radius 1 is 1.44 bits per heavy atom. The largest absolute Gasteiger partial charge is 0.483 e. The van der Waals surface area contributed by atoms with E-state index in [1.807, 2.05) is 38.1 Å². The second-order valence-electron chi connectivity index (χ2n) is 4.49. The van der Waals surface area contributed by atoms with Crippen LogP contribution < -0.4 is 4.74 Å². The molecule has 2 atom stereocenters. The first-order chi connectivity index (χ1) is 7.59. The highest BCUT2D eigenvalue weighted by Gasteiger charge is 2.40. The Bertz CT molecular complexity index is 403. The summed E-state index contributed by atoms with van der Waals surface area (Å²) >= 11 is 0. The average molecular weight is 221 g/mol. The second-order valence-corrected chi connectivity index (χ2v) is 4.49. The van der Waals surface area contributed by atoms with Crippen LogP contribution in [0.25, 0.3) is 0 Å². The molecule has 1 aromatic rings. The Hall–Kier alpha value is -1.58. The van der Waals surface area contributed by atoms with Gasteiger partial charge in [0.2, 0.25) is 0 Å². The zero-order chi connectivity index (χ0) is 11.7. The third kappa shape index (κ3) is 1.87. The van der Waals surface area contributed by atoms with Gasteiger partial charge in [-0.3, -0.25) is 10.1 Å². The van der Waals surface area contributed by atoms with E-state index in [2.05, 4.69) is 0 Å². The Morgan fingerprint density at radius 3 is 2.75 bits per heavy atom. The highest BCUT2D eigenvalue weighted by molar-refractivity contribution is 5.36. The number of para-hydroxylation sites is 1. The molecule has 0 aromatic heterocycles. The average Bonchev–Trinajstić information content (AvgIpc) is 2.27. The lowest BCUT2D eigenvalue weighted by Crippen LogP contribution is -2.45. The Morgan fingerprint density at radius 2 is 2.12 bits per heavy atom. The minimum Gasteiger partial charge on any atom is -0.483 e. The van der Waals surface area contributed by atoms with Crippen LogP contribution >= 0.6 is 0 Å². The van der Waals surface area contributed by atoms with Gasteiger partial charge in [-0.1, -0.05) is 32.0 Å². The molecule has 0 aliphatic carbocycles. The third-order valence-electron chi connectivity index (χ3n) is 2.97. The van der Waals surface area contributed by atoms with Gasteiger partial charge in [0, 0.05) is 16.9 Å². The topological polar surface area (TPSA) is 52.4 Å². The third-order valence-corrected chi connectivity index (χ3v) is 2.97. The molecular weight excluding hydrogens is 206 g/mol. The van der Waals surface area contributed by atoms with E-state index in [9.17, 15) is 10.1 Å². The first-order valence-corrected chi connectivity index (χ1v) is 5.47. The fourth-order valence-electron chi connectivity index (χ4n) is 2.13. The van der Waals surface area contributed by atoms with E-state index in [1.165, 1.54) is 0 Å². The van der Waals surface area contributed by atoms with Crippen LogP contribution in [0, 0.1) is 16.0 Å². The minimum atomic E-state index is -0.630. The molecule has 0 saturated heterocycles. The first kappa shape index (κ1) is 10.9. The molecule has 0 radical (unpaired) electrons. The van der Waals surface area contributed by atoms with Gasteiger partial charge in [-0.15, -0.1) is 0 Å². The Kier molecular flexibility index (Phi) is 2.81.